The van der Waals surface area contributed by atoms with E-state index in [1.165, 1.54) is 6.26 Å². The molecule has 1 fully saturated rings. The van der Waals surface area contributed by atoms with Crippen molar-refractivity contribution in [3.8, 4) is 0 Å². The molecule has 0 aromatic rings. The van der Waals surface area contributed by atoms with Gasteiger partial charge in [0.15, 0.2) is 9.84 Å². The van der Waals surface area contributed by atoms with E-state index >= 15 is 0 Å². The van der Waals surface area contributed by atoms with Crippen LogP contribution in [0.2, 0.25) is 0 Å². The maximum absolute atomic E-state index is 11.7. The molecule has 1 aliphatic heterocycles. The van der Waals surface area contributed by atoms with E-state index in [0.29, 0.717) is 0 Å². The highest BCUT2D eigenvalue weighted by molar-refractivity contribution is 8.00. The Morgan fingerprint density at radius 2 is 2.00 bits per heavy atom. The molecule has 1 unspecified atom stereocenters. The first-order valence-corrected chi connectivity index (χ1v) is 10.1. The van der Waals surface area contributed by atoms with Gasteiger partial charge in [-0.25, -0.2) is 8.42 Å². The molecule has 1 aliphatic rings. The van der Waals surface area contributed by atoms with Gasteiger partial charge in [0, 0.05) is 29.8 Å². The average Bonchev–Trinajstić information content (AvgIpc) is 2.26. The first-order chi connectivity index (χ1) is 8.70. The number of unbranched alkanes of at least 4 members (excludes halogenated alkanes) is 1. The van der Waals surface area contributed by atoms with E-state index in [0.717, 1.165) is 44.0 Å². The Balaban J connectivity index is 2.30. The maximum atomic E-state index is 11.7. The van der Waals surface area contributed by atoms with E-state index in [9.17, 15) is 8.42 Å². The summed E-state index contributed by atoms with van der Waals surface area (Å²) in [5, 5.41) is 3.18. The molecule has 0 bridgehead atoms. The van der Waals surface area contributed by atoms with Crippen LogP contribution in [0.25, 0.3) is 0 Å². The van der Waals surface area contributed by atoms with E-state index in [4.69, 9.17) is 0 Å². The van der Waals surface area contributed by atoms with Crippen molar-refractivity contribution in [2.24, 2.45) is 0 Å². The molecule has 1 saturated heterocycles. The molecule has 0 amide bonds. The molecule has 0 radical (unpaired) electrons. The number of hydrogen-bond donors (Lipinski definition) is 1. The van der Waals surface area contributed by atoms with Crippen molar-refractivity contribution in [1.29, 1.82) is 0 Å². The highest BCUT2D eigenvalue weighted by Gasteiger charge is 2.30. The number of sulfone groups is 1. The SMILES string of the molecule is CC(C)(C)NCCCCN1CCSCC1S(C)(=O)=O. The van der Waals surface area contributed by atoms with Gasteiger partial charge in [0.25, 0.3) is 0 Å². The van der Waals surface area contributed by atoms with Gasteiger partial charge in [-0.3, -0.25) is 4.90 Å². The Kier molecular flexibility index (Phi) is 6.63. The number of hydrogen-bond acceptors (Lipinski definition) is 5. The van der Waals surface area contributed by atoms with Gasteiger partial charge in [-0.15, -0.1) is 0 Å². The van der Waals surface area contributed by atoms with Gasteiger partial charge in [-0.1, -0.05) is 0 Å². The van der Waals surface area contributed by atoms with Crippen molar-refractivity contribution < 1.29 is 8.42 Å². The monoisotopic (exact) mass is 308 g/mol. The fourth-order valence-corrected chi connectivity index (χ4v) is 5.14. The summed E-state index contributed by atoms with van der Waals surface area (Å²) in [6.07, 6.45) is 3.51. The van der Waals surface area contributed by atoms with Crippen LogP contribution in [0.5, 0.6) is 0 Å². The summed E-state index contributed by atoms with van der Waals surface area (Å²) in [6, 6.07) is 0. The van der Waals surface area contributed by atoms with Crippen LogP contribution in [0.15, 0.2) is 0 Å². The molecule has 1 heterocycles. The van der Waals surface area contributed by atoms with Crippen LogP contribution in [0.3, 0.4) is 0 Å². The standard InChI is InChI=1S/C13H28N2O2S2/c1-13(2,3)14-7-5-6-8-15-9-10-18-11-12(15)19(4,16)17/h12,14H,5-11H2,1-4H3. The van der Waals surface area contributed by atoms with Crippen molar-refractivity contribution in [3.63, 3.8) is 0 Å². The summed E-state index contributed by atoms with van der Waals surface area (Å²) in [5.74, 6) is 1.77. The van der Waals surface area contributed by atoms with Crippen LogP contribution < -0.4 is 5.32 Å². The van der Waals surface area contributed by atoms with E-state index in [-0.39, 0.29) is 10.9 Å². The van der Waals surface area contributed by atoms with E-state index < -0.39 is 9.84 Å². The zero-order chi connectivity index (χ0) is 14.5. The van der Waals surface area contributed by atoms with Crippen LogP contribution >= 0.6 is 11.8 Å². The van der Waals surface area contributed by atoms with Gasteiger partial charge in [0.05, 0.1) is 0 Å². The predicted molar refractivity (Wildman–Crippen MR) is 84.5 cm³/mol. The summed E-state index contributed by atoms with van der Waals surface area (Å²) in [4.78, 5) is 2.14. The van der Waals surface area contributed by atoms with E-state index in [2.05, 4.69) is 31.0 Å². The summed E-state index contributed by atoms with van der Waals surface area (Å²) in [5.41, 5.74) is 0.164. The van der Waals surface area contributed by atoms with Gasteiger partial charge < -0.3 is 5.32 Å². The highest BCUT2D eigenvalue weighted by Crippen LogP contribution is 2.20. The molecule has 0 aromatic carbocycles. The van der Waals surface area contributed by atoms with Gasteiger partial charge >= 0.3 is 0 Å². The molecule has 0 aliphatic carbocycles. The fraction of sp³-hybridized carbons (Fsp3) is 1.00. The third kappa shape index (κ3) is 6.97. The number of nitrogens with one attached hydrogen (secondary N) is 1. The minimum Gasteiger partial charge on any atom is -0.312 e. The van der Waals surface area contributed by atoms with Gasteiger partial charge in [0.1, 0.15) is 5.37 Å². The van der Waals surface area contributed by atoms with Gasteiger partial charge in [0.2, 0.25) is 0 Å². The smallest absolute Gasteiger partial charge is 0.164 e. The van der Waals surface area contributed by atoms with Gasteiger partial charge in [-0.05, 0) is 46.7 Å². The molecule has 6 heteroatoms. The predicted octanol–water partition coefficient (Wildman–Crippen LogP) is 1.57. The minimum atomic E-state index is -2.95. The zero-order valence-electron chi connectivity index (χ0n) is 12.6. The largest absolute Gasteiger partial charge is 0.312 e. The first kappa shape index (κ1) is 17.3. The lowest BCUT2D eigenvalue weighted by Gasteiger charge is -2.34. The van der Waals surface area contributed by atoms with Crippen LogP contribution in [-0.4, -0.2) is 61.6 Å². The molecule has 1 rings (SSSR count). The molecular weight excluding hydrogens is 280 g/mol. The third-order valence-corrected chi connectivity index (χ3v) is 5.90. The Bertz CT molecular complexity index is 363. The summed E-state index contributed by atoms with van der Waals surface area (Å²) in [7, 11) is -2.95. The summed E-state index contributed by atoms with van der Waals surface area (Å²) < 4.78 is 23.5. The van der Waals surface area contributed by atoms with Crippen molar-refractivity contribution >= 4 is 21.6 Å². The van der Waals surface area contributed by atoms with Crippen molar-refractivity contribution in [1.82, 2.24) is 10.2 Å². The Morgan fingerprint density at radius 3 is 2.58 bits per heavy atom. The normalized spacial score (nSPS) is 22.6. The average molecular weight is 309 g/mol. The molecule has 0 saturated carbocycles. The lowest BCUT2D eigenvalue weighted by Crippen LogP contribution is -2.47. The molecule has 0 aromatic heterocycles. The lowest BCUT2D eigenvalue weighted by molar-refractivity contribution is 0.263. The molecule has 1 N–H and O–H groups in total. The second-order valence-electron chi connectivity index (χ2n) is 6.28. The Morgan fingerprint density at radius 1 is 1.32 bits per heavy atom. The van der Waals surface area contributed by atoms with Crippen LogP contribution in [-0.2, 0) is 9.84 Å². The van der Waals surface area contributed by atoms with E-state index in [1.54, 1.807) is 11.8 Å². The molecule has 4 nitrogen and oxygen atoms in total. The van der Waals surface area contributed by atoms with Crippen LogP contribution in [0, 0.1) is 0 Å². The van der Waals surface area contributed by atoms with Crippen molar-refractivity contribution in [2.75, 3.05) is 37.4 Å². The third-order valence-electron chi connectivity index (χ3n) is 3.21. The van der Waals surface area contributed by atoms with Crippen LogP contribution in [0.4, 0.5) is 0 Å². The lowest BCUT2D eigenvalue weighted by atomic mass is 10.1. The Hall–Kier alpha value is 0.220. The molecule has 0 spiro atoms. The second-order valence-corrected chi connectivity index (χ2v) is 9.63. The molecular formula is C13H28N2O2S2. The quantitative estimate of drug-likeness (QED) is 0.755. The number of rotatable bonds is 6. The molecule has 19 heavy (non-hydrogen) atoms. The van der Waals surface area contributed by atoms with Crippen LogP contribution in [0.1, 0.15) is 33.6 Å². The second kappa shape index (κ2) is 7.29. The Labute approximate surface area is 122 Å². The molecule has 114 valence electrons. The molecule has 1 atom stereocenters. The summed E-state index contributed by atoms with van der Waals surface area (Å²) in [6.45, 7) is 9.27. The van der Waals surface area contributed by atoms with Crippen molar-refractivity contribution in [2.45, 2.75) is 44.5 Å². The topological polar surface area (TPSA) is 49.4 Å². The number of nitrogens with zero attached hydrogens (tertiary/aromatic N) is 1. The van der Waals surface area contributed by atoms with Gasteiger partial charge in [-0.2, -0.15) is 11.8 Å². The van der Waals surface area contributed by atoms with E-state index in [1.807, 2.05) is 0 Å². The van der Waals surface area contributed by atoms with Crippen molar-refractivity contribution in [3.05, 3.63) is 0 Å². The fourth-order valence-electron chi connectivity index (χ4n) is 2.17. The minimum absolute atomic E-state index is 0.164. The number of thioether (sulfide) groups is 1. The zero-order valence-corrected chi connectivity index (χ0v) is 14.2. The highest BCUT2D eigenvalue weighted by atomic mass is 32.2. The maximum Gasteiger partial charge on any atom is 0.164 e. The first-order valence-electron chi connectivity index (χ1n) is 6.96. The summed E-state index contributed by atoms with van der Waals surface area (Å²) >= 11 is 1.75.